The van der Waals surface area contributed by atoms with Gasteiger partial charge in [-0.3, -0.25) is 4.90 Å². The second-order valence-electron chi connectivity index (χ2n) is 8.27. The highest BCUT2D eigenvalue weighted by Crippen LogP contribution is 2.35. The van der Waals surface area contributed by atoms with Gasteiger partial charge in [-0.05, 0) is 62.1 Å². The molecule has 1 aromatic heterocycles. The number of nitrogens with zero attached hydrogens (tertiary/aromatic N) is 2. The first-order valence-electron chi connectivity index (χ1n) is 10.6. The predicted molar refractivity (Wildman–Crippen MR) is 120 cm³/mol. The molecule has 0 bridgehead atoms. The summed E-state index contributed by atoms with van der Waals surface area (Å²) < 4.78 is 6.07. The number of likely N-dealkylation sites (tertiary alicyclic amines) is 1. The molecule has 4 heteroatoms. The van der Waals surface area contributed by atoms with Gasteiger partial charge in [-0.2, -0.15) is 0 Å². The lowest BCUT2D eigenvalue weighted by atomic mass is 9.96. The van der Waals surface area contributed by atoms with Crippen molar-refractivity contribution in [1.82, 2.24) is 9.88 Å². The van der Waals surface area contributed by atoms with Crippen LogP contribution < -0.4 is 0 Å². The van der Waals surface area contributed by atoms with Crippen molar-refractivity contribution in [3.05, 3.63) is 71.8 Å². The second-order valence-corrected chi connectivity index (χ2v) is 8.27. The van der Waals surface area contributed by atoms with Crippen LogP contribution in [-0.4, -0.2) is 27.6 Å². The highest BCUT2D eigenvalue weighted by atomic mass is 16.3. The van der Waals surface area contributed by atoms with E-state index in [1.54, 1.807) is 6.07 Å². The largest absolute Gasteiger partial charge is 0.507 e. The van der Waals surface area contributed by atoms with Gasteiger partial charge in [0.15, 0.2) is 5.58 Å². The molecule has 1 aliphatic rings. The third-order valence-corrected chi connectivity index (χ3v) is 6.30. The Hall–Kier alpha value is -3.11. The van der Waals surface area contributed by atoms with E-state index in [1.807, 2.05) is 36.4 Å². The Kier molecular flexibility index (Phi) is 4.80. The number of phenolic OH excluding ortho intramolecular Hbond substituents is 1. The molecular formula is C26H26N2O2. The van der Waals surface area contributed by atoms with Gasteiger partial charge in [0.2, 0.25) is 5.89 Å². The molecule has 5 rings (SSSR count). The Morgan fingerprint density at radius 3 is 2.63 bits per heavy atom. The van der Waals surface area contributed by atoms with E-state index < -0.39 is 0 Å². The van der Waals surface area contributed by atoms with Crippen LogP contribution in [0, 0.1) is 6.92 Å². The Labute approximate surface area is 176 Å². The van der Waals surface area contributed by atoms with Crippen LogP contribution in [0.2, 0.25) is 0 Å². The van der Waals surface area contributed by atoms with Gasteiger partial charge < -0.3 is 9.52 Å². The van der Waals surface area contributed by atoms with E-state index in [4.69, 9.17) is 9.40 Å². The van der Waals surface area contributed by atoms with Gasteiger partial charge in [-0.25, -0.2) is 4.98 Å². The van der Waals surface area contributed by atoms with Gasteiger partial charge in [0, 0.05) is 29.8 Å². The molecule has 0 saturated carbocycles. The molecule has 3 aromatic carbocycles. The predicted octanol–water partition coefficient (Wildman–Crippen LogP) is 6.16. The molecular weight excluding hydrogens is 372 g/mol. The Morgan fingerprint density at radius 1 is 1.07 bits per heavy atom. The minimum atomic E-state index is 0.277. The van der Waals surface area contributed by atoms with Gasteiger partial charge in [-0.15, -0.1) is 0 Å². The number of rotatable bonds is 4. The molecule has 1 saturated heterocycles. The van der Waals surface area contributed by atoms with Crippen molar-refractivity contribution in [1.29, 1.82) is 0 Å². The molecule has 0 spiro atoms. The summed E-state index contributed by atoms with van der Waals surface area (Å²) in [6, 6.07) is 20.8. The average Bonchev–Trinajstić information content (AvgIpc) is 3.35. The standard InChI is InChI=1S/C26H26N2O2/c1-17-8-7-13-28(17)16-20-14-23-25(15-24(20)29)30-26(27-23)22-12-6-11-21(18(22)2)19-9-4-3-5-10-19/h3-6,9-12,14-15,17,29H,7-8,13,16H2,1-2H3/t17-/m1/s1. The monoisotopic (exact) mass is 398 g/mol. The quantitative estimate of drug-likeness (QED) is 0.447. The van der Waals surface area contributed by atoms with E-state index in [1.165, 1.54) is 24.0 Å². The molecule has 1 N–H and O–H groups in total. The fourth-order valence-corrected chi connectivity index (χ4v) is 4.49. The molecule has 4 nitrogen and oxygen atoms in total. The summed E-state index contributed by atoms with van der Waals surface area (Å²) >= 11 is 0. The SMILES string of the molecule is Cc1c(-c2ccccc2)cccc1-c1nc2cc(CN3CCC[C@H]3C)c(O)cc2o1. The first-order valence-corrected chi connectivity index (χ1v) is 10.6. The van der Waals surface area contributed by atoms with Crippen molar-refractivity contribution in [3.8, 4) is 28.3 Å². The maximum atomic E-state index is 10.6. The van der Waals surface area contributed by atoms with Crippen molar-refractivity contribution in [2.45, 2.75) is 39.3 Å². The van der Waals surface area contributed by atoms with Crippen LogP contribution in [0.15, 0.2) is 65.1 Å². The maximum Gasteiger partial charge on any atom is 0.227 e. The number of oxazole rings is 1. The molecule has 1 aliphatic heterocycles. The highest BCUT2D eigenvalue weighted by molar-refractivity contribution is 5.81. The van der Waals surface area contributed by atoms with E-state index >= 15 is 0 Å². The lowest BCUT2D eigenvalue weighted by Crippen LogP contribution is -2.26. The van der Waals surface area contributed by atoms with Gasteiger partial charge >= 0.3 is 0 Å². The van der Waals surface area contributed by atoms with E-state index in [-0.39, 0.29) is 5.75 Å². The Balaban J connectivity index is 1.53. The van der Waals surface area contributed by atoms with Crippen LogP contribution in [0.4, 0.5) is 0 Å². The molecule has 1 fully saturated rings. The minimum absolute atomic E-state index is 0.277. The number of phenols is 1. The van der Waals surface area contributed by atoms with Crippen molar-refractivity contribution >= 4 is 11.1 Å². The van der Waals surface area contributed by atoms with Crippen LogP contribution in [0.5, 0.6) is 5.75 Å². The summed E-state index contributed by atoms with van der Waals surface area (Å²) in [5.41, 5.74) is 6.76. The van der Waals surface area contributed by atoms with Gasteiger partial charge in [0.05, 0.1) is 0 Å². The topological polar surface area (TPSA) is 49.5 Å². The smallest absolute Gasteiger partial charge is 0.227 e. The molecule has 0 unspecified atom stereocenters. The van der Waals surface area contributed by atoms with Crippen LogP contribution in [0.3, 0.4) is 0 Å². The molecule has 2 heterocycles. The summed E-state index contributed by atoms with van der Waals surface area (Å²) in [6.07, 6.45) is 2.43. The molecule has 0 aliphatic carbocycles. The molecule has 0 amide bonds. The maximum absolute atomic E-state index is 10.6. The highest BCUT2D eigenvalue weighted by Gasteiger charge is 2.22. The zero-order valence-corrected chi connectivity index (χ0v) is 17.4. The first-order chi connectivity index (χ1) is 14.6. The number of aromatic hydroxyl groups is 1. The van der Waals surface area contributed by atoms with Crippen molar-refractivity contribution in [3.63, 3.8) is 0 Å². The Bertz CT molecular complexity index is 1200. The van der Waals surface area contributed by atoms with E-state index in [2.05, 4.69) is 36.9 Å². The first kappa shape index (κ1) is 18.9. The summed E-state index contributed by atoms with van der Waals surface area (Å²) in [4.78, 5) is 7.19. The summed E-state index contributed by atoms with van der Waals surface area (Å²) in [7, 11) is 0. The molecule has 0 radical (unpaired) electrons. The number of benzene rings is 3. The number of hydrogen-bond donors (Lipinski definition) is 1. The zero-order valence-electron chi connectivity index (χ0n) is 17.4. The number of fused-ring (bicyclic) bond motifs is 1. The van der Waals surface area contributed by atoms with Gasteiger partial charge in [0.1, 0.15) is 11.3 Å². The number of aromatic nitrogens is 1. The van der Waals surface area contributed by atoms with E-state index in [9.17, 15) is 5.11 Å². The van der Waals surface area contributed by atoms with Crippen LogP contribution in [-0.2, 0) is 6.54 Å². The molecule has 4 aromatic rings. The minimum Gasteiger partial charge on any atom is -0.507 e. The van der Waals surface area contributed by atoms with Crippen LogP contribution in [0.25, 0.3) is 33.7 Å². The fraction of sp³-hybridized carbons (Fsp3) is 0.269. The summed E-state index contributed by atoms with van der Waals surface area (Å²) in [6.45, 7) is 6.17. The Morgan fingerprint density at radius 2 is 1.87 bits per heavy atom. The van der Waals surface area contributed by atoms with Crippen LogP contribution >= 0.6 is 0 Å². The van der Waals surface area contributed by atoms with Crippen LogP contribution in [0.1, 0.15) is 30.9 Å². The van der Waals surface area contributed by atoms with Gasteiger partial charge in [-0.1, -0.05) is 42.5 Å². The third kappa shape index (κ3) is 3.37. The van der Waals surface area contributed by atoms with E-state index in [0.717, 1.165) is 35.3 Å². The number of hydrogen-bond acceptors (Lipinski definition) is 4. The molecule has 1 atom stereocenters. The summed E-state index contributed by atoms with van der Waals surface area (Å²) in [5, 5.41) is 10.6. The molecule has 152 valence electrons. The zero-order chi connectivity index (χ0) is 20.7. The lowest BCUT2D eigenvalue weighted by Gasteiger charge is -2.21. The normalized spacial score (nSPS) is 17.1. The van der Waals surface area contributed by atoms with Crippen molar-refractivity contribution < 1.29 is 9.52 Å². The lowest BCUT2D eigenvalue weighted by molar-refractivity contribution is 0.257. The second kappa shape index (κ2) is 7.62. The van der Waals surface area contributed by atoms with Crippen molar-refractivity contribution in [2.24, 2.45) is 0 Å². The van der Waals surface area contributed by atoms with E-state index in [0.29, 0.717) is 17.5 Å². The van der Waals surface area contributed by atoms with Crippen molar-refractivity contribution in [2.75, 3.05) is 6.54 Å². The fourth-order valence-electron chi connectivity index (χ4n) is 4.49. The average molecular weight is 399 g/mol. The summed E-state index contributed by atoms with van der Waals surface area (Å²) in [5.74, 6) is 0.866. The third-order valence-electron chi connectivity index (χ3n) is 6.30. The molecule has 30 heavy (non-hydrogen) atoms. The van der Waals surface area contributed by atoms with Gasteiger partial charge in [0.25, 0.3) is 0 Å².